The Kier molecular flexibility index (Phi) is 3.46. The van der Waals surface area contributed by atoms with Gasteiger partial charge in [0, 0.05) is 17.0 Å². The van der Waals surface area contributed by atoms with Gasteiger partial charge in [-0.15, -0.1) is 11.3 Å². The Bertz CT molecular complexity index is 414. The van der Waals surface area contributed by atoms with E-state index in [1.807, 2.05) is 5.51 Å². The molecule has 0 radical (unpaired) electrons. The fourth-order valence-corrected chi connectivity index (χ4v) is 5.05. The first-order valence-corrected chi connectivity index (χ1v) is 8.19. The first-order chi connectivity index (χ1) is 8.65. The standard InChI is InChI=1S/C15H24N2S/c1-9(14-7-12-4-5-13(14)6-12)17-11(3)15-10(2)16-8-18-15/h8-9,11-14,17H,4-7H2,1-3H3. The molecule has 2 aliphatic carbocycles. The second-order valence-electron chi connectivity index (χ2n) is 6.32. The van der Waals surface area contributed by atoms with Gasteiger partial charge in [-0.2, -0.15) is 0 Å². The topological polar surface area (TPSA) is 24.9 Å². The Balaban J connectivity index is 1.61. The zero-order valence-corrected chi connectivity index (χ0v) is 12.5. The summed E-state index contributed by atoms with van der Waals surface area (Å²) in [6, 6.07) is 1.10. The highest BCUT2D eigenvalue weighted by atomic mass is 32.1. The molecule has 3 rings (SSSR count). The predicted octanol–water partition coefficient (Wildman–Crippen LogP) is 3.93. The molecule has 3 heteroatoms. The minimum Gasteiger partial charge on any atom is -0.307 e. The number of nitrogens with zero attached hydrogens (tertiary/aromatic N) is 1. The van der Waals surface area contributed by atoms with Crippen LogP contribution in [0.3, 0.4) is 0 Å². The van der Waals surface area contributed by atoms with E-state index < -0.39 is 0 Å². The van der Waals surface area contributed by atoms with Crippen LogP contribution in [-0.2, 0) is 0 Å². The monoisotopic (exact) mass is 264 g/mol. The highest BCUT2D eigenvalue weighted by Crippen LogP contribution is 2.49. The SMILES string of the molecule is Cc1ncsc1C(C)NC(C)C1CC2CCC1C2. The number of rotatable bonds is 4. The Labute approximate surface area is 114 Å². The summed E-state index contributed by atoms with van der Waals surface area (Å²) < 4.78 is 0. The van der Waals surface area contributed by atoms with Crippen molar-refractivity contribution in [3.63, 3.8) is 0 Å². The average Bonchev–Trinajstić information content (AvgIpc) is 3.03. The van der Waals surface area contributed by atoms with Gasteiger partial charge < -0.3 is 5.32 Å². The molecule has 0 aromatic carbocycles. The third-order valence-corrected chi connectivity index (χ3v) is 6.24. The van der Waals surface area contributed by atoms with Crippen molar-refractivity contribution in [1.82, 2.24) is 10.3 Å². The second kappa shape index (κ2) is 4.93. The lowest BCUT2D eigenvalue weighted by atomic mass is 9.83. The molecule has 2 fully saturated rings. The van der Waals surface area contributed by atoms with Crippen LogP contribution in [-0.4, -0.2) is 11.0 Å². The highest BCUT2D eigenvalue weighted by molar-refractivity contribution is 7.09. The van der Waals surface area contributed by atoms with Crippen LogP contribution in [0, 0.1) is 24.7 Å². The van der Waals surface area contributed by atoms with Crippen molar-refractivity contribution in [3.05, 3.63) is 16.1 Å². The summed E-state index contributed by atoms with van der Waals surface area (Å²) in [5.74, 6) is 2.97. The van der Waals surface area contributed by atoms with Crippen LogP contribution < -0.4 is 5.32 Å². The van der Waals surface area contributed by atoms with Crippen molar-refractivity contribution in [1.29, 1.82) is 0 Å². The number of nitrogens with one attached hydrogen (secondary N) is 1. The van der Waals surface area contributed by atoms with E-state index in [1.54, 1.807) is 11.3 Å². The van der Waals surface area contributed by atoms with Crippen LogP contribution in [0.5, 0.6) is 0 Å². The van der Waals surface area contributed by atoms with Gasteiger partial charge in [-0.05, 0) is 57.8 Å². The molecule has 1 N–H and O–H groups in total. The van der Waals surface area contributed by atoms with Gasteiger partial charge in [0.05, 0.1) is 11.2 Å². The smallest absolute Gasteiger partial charge is 0.0798 e. The zero-order chi connectivity index (χ0) is 12.7. The van der Waals surface area contributed by atoms with Crippen molar-refractivity contribution in [3.8, 4) is 0 Å². The van der Waals surface area contributed by atoms with Gasteiger partial charge in [-0.1, -0.05) is 6.42 Å². The molecule has 0 amide bonds. The molecule has 2 saturated carbocycles. The number of aryl methyl sites for hydroxylation is 1. The fraction of sp³-hybridized carbons (Fsp3) is 0.800. The van der Waals surface area contributed by atoms with Crippen LogP contribution >= 0.6 is 11.3 Å². The van der Waals surface area contributed by atoms with Crippen LogP contribution in [0.25, 0.3) is 0 Å². The summed E-state index contributed by atoms with van der Waals surface area (Å²) in [5, 5.41) is 3.82. The minimum atomic E-state index is 0.451. The maximum atomic E-state index is 4.36. The number of hydrogen-bond acceptors (Lipinski definition) is 3. The maximum absolute atomic E-state index is 4.36. The molecule has 1 aromatic heterocycles. The number of thiazole rings is 1. The van der Waals surface area contributed by atoms with Gasteiger partial charge >= 0.3 is 0 Å². The second-order valence-corrected chi connectivity index (χ2v) is 7.20. The van der Waals surface area contributed by atoms with Gasteiger partial charge in [-0.25, -0.2) is 4.98 Å². The molecule has 2 aliphatic rings. The number of hydrogen-bond donors (Lipinski definition) is 1. The van der Waals surface area contributed by atoms with E-state index in [1.165, 1.54) is 36.3 Å². The van der Waals surface area contributed by atoms with Crippen molar-refractivity contribution in [2.45, 2.75) is 58.5 Å². The lowest BCUT2D eigenvalue weighted by Crippen LogP contribution is -2.37. The van der Waals surface area contributed by atoms with Crippen molar-refractivity contribution in [2.24, 2.45) is 17.8 Å². The van der Waals surface area contributed by atoms with E-state index in [0.717, 1.165) is 17.8 Å². The molecule has 1 aromatic rings. The van der Waals surface area contributed by atoms with Crippen molar-refractivity contribution < 1.29 is 0 Å². The summed E-state index contributed by atoms with van der Waals surface area (Å²) in [7, 11) is 0. The molecule has 2 bridgehead atoms. The molecule has 100 valence electrons. The zero-order valence-electron chi connectivity index (χ0n) is 11.6. The summed E-state index contributed by atoms with van der Waals surface area (Å²) in [6.07, 6.45) is 5.95. The predicted molar refractivity (Wildman–Crippen MR) is 76.8 cm³/mol. The van der Waals surface area contributed by atoms with Gasteiger partial charge in [-0.3, -0.25) is 0 Å². The van der Waals surface area contributed by atoms with E-state index in [0.29, 0.717) is 12.1 Å². The summed E-state index contributed by atoms with van der Waals surface area (Å²) in [4.78, 5) is 5.77. The largest absolute Gasteiger partial charge is 0.307 e. The molecular formula is C15H24N2S. The van der Waals surface area contributed by atoms with Gasteiger partial charge in [0.25, 0.3) is 0 Å². The molecule has 5 atom stereocenters. The molecular weight excluding hydrogens is 240 g/mol. The Morgan fingerprint density at radius 1 is 1.33 bits per heavy atom. The third-order valence-electron chi connectivity index (χ3n) is 5.12. The van der Waals surface area contributed by atoms with E-state index in [-0.39, 0.29) is 0 Å². The van der Waals surface area contributed by atoms with Crippen molar-refractivity contribution >= 4 is 11.3 Å². The summed E-state index contributed by atoms with van der Waals surface area (Å²) in [5.41, 5.74) is 3.16. The number of fused-ring (bicyclic) bond motifs is 2. The van der Waals surface area contributed by atoms with Gasteiger partial charge in [0.1, 0.15) is 0 Å². The first-order valence-electron chi connectivity index (χ1n) is 7.31. The molecule has 1 heterocycles. The Morgan fingerprint density at radius 3 is 2.72 bits per heavy atom. The van der Waals surface area contributed by atoms with Crippen LogP contribution in [0.15, 0.2) is 5.51 Å². The molecule has 2 nitrogen and oxygen atoms in total. The highest BCUT2D eigenvalue weighted by Gasteiger charge is 2.41. The van der Waals surface area contributed by atoms with E-state index in [9.17, 15) is 0 Å². The summed E-state index contributed by atoms with van der Waals surface area (Å²) in [6.45, 7) is 6.79. The van der Waals surface area contributed by atoms with Gasteiger partial charge in [0.2, 0.25) is 0 Å². The Morgan fingerprint density at radius 2 is 2.17 bits per heavy atom. The molecule has 0 spiro atoms. The average molecular weight is 264 g/mol. The van der Waals surface area contributed by atoms with E-state index >= 15 is 0 Å². The molecule has 18 heavy (non-hydrogen) atoms. The quantitative estimate of drug-likeness (QED) is 0.891. The van der Waals surface area contributed by atoms with Gasteiger partial charge in [0.15, 0.2) is 0 Å². The molecule has 0 aliphatic heterocycles. The normalized spacial score (nSPS) is 33.8. The first kappa shape index (κ1) is 12.6. The van der Waals surface area contributed by atoms with Crippen LogP contribution in [0.2, 0.25) is 0 Å². The summed E-state index contributed by atoms with van der Waals surface area (Å²) >= 11 is 1.78. The van der Waals surface area contributed by atoms with Crippen LogP contribution in [0.4, 0.5) is 0 Å². The Hall–Kier alpha value is -0.410. The lowest BCUT2D eigenvalue weighted by Gasteiger charge is -2.30. The van der Waals surface area contributed by atoms with E-state index in [2.05, 4.69) is 31.1 Å². The minimum absolute atomic E-state index is 0.451. The fourth-order valence-electron chi connectivity index (χ4n) is 4.23. The van der Waals surface area contributed by atoms with Crippen LogP contribution in [0.1, 0.15) is 56.1 Å². The van der Waals surface area contributed by atoms with E-state index in [4.69, 9.17) is 0 Å². The lowest BCUT2D eigenvalue weighted by molar-refractivity contribution is 0.249. The number of aromatic nitrogens is 1. The molecule has 0 saturated heterocycles. The molecule has 5 unspecified atom stereocenters. The van der Waals surface area contributed by atoms with Crippen molar-refractivity contribution in [2.75, 3.05) is 0 Å². The maximum Gasteiger partial charge on any atom is 0.0798 e. The third kappa shape index (κ3) is 2.23.